The quantitative estimate of drug-likeness (QED) is 0.659. The highest BCUT2D eigenvalue weighted by atomic mass is 32.2. The highest BCUT2D eigenvalue weighted by molar-refractivity contribution is 7.90. The lowest BCUT2D eigenvalue weighted by Crippen LogP contribution is -2.42. The van der Waals surface area contributed by atoms with Crippen molar-refractivity contribution in [2.24, 2.45) is 10.3 Å². The van der Waals surface area contributed by atoms with Gasteiger partial charge in [-0.05, 0) is 41.8 Å². The normalized spacial score (nSPS) is 20.2. The van der Waals surface area contributed by atoms with Crippen molar-refractivity contribution < 1.29 is 17.9 Å². The minimum absolute atomic E-state index is 0.0144. The molecule has 4 rings (SSSR count). The molecule has 1 aromatic heterocycles. The van der Waals surface area contributed by atoms with Gasteiger partial charge in [0, 0.05) is 25.2 Å². The van der Waals surface area contributed by atoms with Crippen LogP contribution in [-0.4, -0.2) is 58.4 Å². The summed E-state index contributed by atoms with van der Waals surface area (Å²) in [6.07, 6.45) is 2.29. The number of hydrogen-bond donors (Lipinski definition) is 0. The SMILES string of the molecule is CCCn1nnnc1COC(=O)C1CCCN(C2=NS(=O)(=O)c3ccccc32)C1. The topological polar surface area (TPSA) is 120 Å². The number of carbonyl (C=O) groups is 1. The number of benzene rings is 1. The summed E-state index contributed by atoms with van der Waals surface area (Å²) in [6.45, 7) is 3.69. The van der Waals surface area contributed by atoms with Gasteiger partial charge in [-0.1, -0.05) is 19.1 Å². The van der Waals surface area contributed by atoms with Gasteiger partial charge >= 0.3 is 5.97 Å². The third kappa shape index (κ3) is 3.86. The monoisotopic (exact) mass is 418 g/mol. The van der Waals surface area contributed by atoms with Crippen molar-refractivity contribution in [3.8, 4) is 0 Å². The fraction of sp³-hybridized carbons (Fsp3) is 0.500. The lowest BCUT2D eigenvalue weighted by atomic mass is 9.97. The van der Waals surface area contributed by atoms with E-state index in [9.17, 15) is 13.2 Å². The molecule has 11 heteroatoms. The second kappa shape index (κ2) is 7.90. The molecule has 1 atom stereocenters. The van der Waals surface area contributed by atoms with E-state index in [4.69, 9.17) is 4.74 Å². The summed E-state index contributed by atoms with van der Waals surface area (Å²) in [5.41, 5.74) is 0.584. The smallest absolute Gasteiger partial charge is 0.311 e. The molecule has 0 N–H and O–H groups in total. The van der Waals surface area contributed by atoms with Crippen molar-refractivity contribution >= 4 is 21.8 Å². The number of hydrogen-bond acceptors (Lipinski definition) is 8. The fourth-order valence-electron chi connectivity index (χ4n) is 3.64. The molecule has 1 saturated heterocycles. The number of piperidine rings is 1. The number of carbonyl (C=O) groups excluding carboxylic acids is 1. The van der Waals surface area contributed by atoms with Crippen LogP contribution >= 0.6 is 0 Å². The first-order valence-corrected chi connectivity index (χ1v) is 11.0. The third-order valence-electron chi connectivity index (χ3n) is 5.05. The summed E-state index contributed by atoms with van der Waals surface area (Å²) >= 11 is 0. The van der Waals surface area contributed by atoms with Gasteiger partial charge in [-0.25, -0.2) is 4.68 Å². The maximum atomic E-state index is 12.6. The Balaban J connectivity index is 1.44. The van der Waals surface area contributed by atoms with Crippen molar-refractivity contribution in [3.63, 3.8) is 0 Å². The summed E-state index contributed by atoms with van der Waals surface area (Å²) in [5, 5.41) is 11.4. The molecule has 1 aromatic carbocycles. The Hall–Kier alpha value is -2.82. The van der Waals surface area contributed by atoms with Crippen molar-refractivity contribution in [1.82, 2.24) is 25.1 Å². The Bertz CT molecular complexity index is 1050. The Kier molecular flexibility index (Phi) is 5.31. The number of amidine groups is 1. The van der Waals surface area contributed by atoms with Crippen LogP contribution < -0.4 is 0 Å². The van der Waals surface area contributed by atoms with Crippen LogP contribution in [0, 0.1) is 5.92 Å². The lowest BCUT2D eigenvalue weighted by Gasteiger charge is -2.32. The number of sulfonamides is 1. The first kappa shape index (κ1) is 19.5. The molecular formula is C18H22N6O4S. The molecule has 3 heterocycles. The molecule has 0 saturated carbocycles. The average molecular weight is 418 g/mol. The van der Waals surface area contributed by atoms with E-state index in [1.165, 1.54) is 0 Å². The Morgan fingerprint density at radius 2 is 2.14 bits per heavy atom. The molecule has 0 amide bonds. The number of fused-ring (bicyclic) bond motifs is 1. The number of esters is 1. The second-order valence-corrected chi connectivity index (χ2v) is 8.67. The zero-order valence-corrected chi connectivity index (χ0v) is 16.9. The molecular weight excluding hydrogens is 396 g/mol. The largest absolute Gasteiger partial charge is 0.457 e. The average Bonchev–Trinajstić information content (AvgIpc) is 3.28. The number of rotatable bonds is 5. The van der Waals surface area contributed by atoms with Gasteiger partial charge in [-0.15, -0.1) is 9.50 Å². The van der Waals surface area contributed by atoms with E-state index in [-0.39, 0.29) is 23.4 Å². The van der Waals surface area contributed by atoms with Gasteiger partial charge in [0.25, 0.3) is 10.0 Å². The molecule has 0 bridgehead atoms. The predicted molar refractivity (Wildman–Crippen MR) is 102 cm³/mol. The predicted octanol–water partition coefficient (Wildman–Crippen LogP) is 0.987. The maximum absolute atomic E-state index is 12.6. The molecule has 29 heavy (non-hydrogen) atoms. The van der Waals surface area contributed by atoms with E-state index < -0.39 is 10.0 Å². The van der Waals surface area contributed by atoms with Crippen molar-refractivity contribution in [2.75, 3.05) is 13.1 Å². The van der Waals surface area contributed by atoms with Gasteiger partial charge in [0.1, 0.15) is 4.90 Å². The Morgan fingerprint density at radius 1 is 1.31 bits per heavy atom. The first-order valence-electron chi connectivity index (χ1n) is 9.60. The van der Waals surface area contributed by atoms with Crippen molar-refractivity contribution in [1.29, 1.82) is 0 Å². The summed E-state index contributed by atoms with van der Waals surface area (Å²) in [6, 6.07) is 6.76. The van der Waals surface area contributed by atoms with Crippen LogP contribution in [0.1, 0.15) is 37.6 Å². The summed E-state index contributed by atoms with van der Waals surface area (Å²) < 4.78 is 35.7. The number of ether oxygens (including phenoxy) is 1. The molecule has 2 aromatic rings. The zero-order valence-electron chi connectivity index (χ0n) is 16.1. The van der Waals surface area contributed by atoms with Gasteiger partial charge in [-0.2, -0.15) is 8.42 Å². The minimum atomic E-state index is -3.69. The zero-order chi connectivity index (χ0) is 20.4. The number of aryl methyl sites for hydroxylation is 1. The van der Waals surface area contributed by atoms with Crippen molar-refractivity contribution in [3.05, 3.63) is 35.7 Å². The number of aromatic nitrogens is 4. The van der Waals surface area contributed by atoms with Crippen LogP contribution in [-0.2, 0) is 32.7 Å². The van der Waals surface area contributed by atoms with E-state index in [0.717, 1.165) is 12.8 Å². The molecule has 0 radical (unpaired) electrons. The highest BCUT2D eigenvalue weighted by Gasteiger charge is 2.35. The molecule has 1 unspecified atom stereocenters. The van der Waals surface area contributed by atoms with Crippen LogP contribution in [0.3, 0.4) is 0 Å². The van der Waals surface area contributed by atoms with Gasteiger partial charge in [0.2, 0.25) is 0 Å². The van der Waals surface area contributed by atoms with Gasteiger partial charge in [0.05, 0.1) is 5.92 Å². The number of tetrazole rings is 1. The lowest BCUT2D eigenvalue weighted by molar-refractivity contribution is -0.151. The van der Waals surface area contributed by atoms with Crippen molar-refractivity contribution in [2.45, 2.75) is 44.2 Å². The molecule has 2 aliphatic heterocycles. The summed E-state index contributed by atoms with van der Waals surface area (Å²) in [4.78, 5) is 14.7. The van der Waals surface area contributed by atoms with Crippen LogP contribution in [0.5, 0.6) is 0 Å². The molecule has 10 nitrogen and oxygen atoms in total. The van der Waals surface area contributed by atoms with Gasteiger partial charge in [-0.3, -0.25) is 4.79 Å². The van der Waals surface area contributed by atoms with Gasteiger partial charge < -0.3 is 9.64 Å². The minimum Gasteiger partial charge on any atom is -0.457 e. The molecule has 154 valence electrons. The summed E-state index contributed by atoms with van der Waals surface area (Å²) in [7, 11) is -3.69. The Morgan fingerprint density at radius 3 is 2.97 bits per heavy atom. The van der Waals surface area contributed by atoms with Crippen LogP contribution in [0.15, 0.2) is 33.6 Å². The number of likely N-dealkylation sites (tertiary alicyclic amines) is 1. The van der Waals surface area contributed by atoms with Gasteiger partial charge in [0.15, 0.2) is 18.3 Å². The van der Waals surface area contributed by atoms with E-state index >= 15 is 0 Å². The summed E-state index contributed by atoms with van der Waals surface area (Å²) in [5.74, 6) is 0.214. The highest BCUT2D eigenvalue weighted by Crippen LogP contribution is 2.30. The second-order valence-electron chi connectivity index (χ2n) is 7.10. The van der Waals surface area contributed by atoms with Crippen LogP contribution in [0.2, 0.25) is 0 Å². The maximum Gasteiger partial charge on any atom is 0.311 e. The fourth-order valence-corrected chi connectivity index (χ4v) is 4.87. The molecule has 1 fully saturated rings. The van der Waals surface area contributed by atoms with Crippen LogP contribution in [0.25, 0.3) is 0 Å². The van der Waals surface area contributed by atoms with E-state index in [1.54, 1.807) is 28.9 Å². The van der Waals surface area contributed by atoms with E-state index in [0.29, 0.717) is 43.3 Å². The Labute approximate surface area is 168 Å². The standard InChI is InChI=1S/C18H22N6O4S/c1-2-9-24-16(19-21-22-24)12-28-18(25)13-6-5-10-23(11-13)17-14-7-3-4-8-15(14)29(26,27)20-17/h3-4,7-8,13H,2,5-6,9-12H2,1H3. The molecule has 2 aliphatic rings. The molecule has 0 aliphatic carbocycles. The number of nitrogens with zero attached hydrogens (tertiary/aromatic N) is 6. The van der Waals surface area contributed by atoms with E-state index in [2.05, 4.69) is 19.9 Å². The molecule has 0 spiro atoms. The first-order chi connectivity index (χ1) is 14.0. The van der Waals surface area contributed by atoms with E-state index in [1.807, 2.05) is 11.8 Å². The van der Waals surface area contributed by atoms with Crippen LogP contribution in [0.4, 0.5) is 0 Å². The third-order valence-corrected chi connectivity index (χ3v) is 6.38.